The molecule has 0 spiro atoms. The highest BCUT2D eigenvalue weighted by molar-refractivity contribution is 5.77. The Hall–Kier alpha value is -2.45. The average Bonchev–Trinajstić information content (AvgIpc) is 3.23. The van der Waals surface area contributed by atoms with Gasteiger partial charge in [-0.1, -0.05) is 5.16 Å². The first kappa shape index (κ1) is 21.8. The smallest absolute Gasteiger partial charge is 0.222 e. The van der Waals surface area contributed by atoms with E-state index in [4.69, 9.17) is 9.26 Å². The molecule has 2 saturated heterocycles. The monoisotopic (exact) mass is 430 g/mol. The minimum absolute atomic E-state index is 0.227. The molecule has 2 aliphatic rings. The molecule has 1 aromatic heterocycles. The van der Waals surface area contributed by atoms with Gasteiger partial charge in [-0.25, -0.2) is 4.39 Å². The van der Waals surface area contributed by atoms with Gasteiger partial charge < -0.3 is 24.4 Å². The third-order valence-corrected chi connectivity index (χ3v) is 6.39. The molecule has 8 heteroatoms. The number of aromatic nitrogens is 1. The van der Waals surface area contributed by atoms with E-state index in [1.807, 2.05) is 11.0 Å². The van der Waals surface area contributed by atoms with Crippen molar-refractivity contribution in [3.05, 3.63) is 47.6 Å². The van der Waals surface area contributed by atoms with Crippen LogP contribution in [0.1, 0.15) is 24.3 Å². The second kappa shape index (κ2) is 10.2. The summed E-state index contributed by atoms with van der Waals surface area (Å²) in [5, 5.41) is 7.62. The quantitative estimate of drug-likeness (QED) is 0.728. The van der Waals surface area contributed by atoms with E-state index in [-0.39, 0.29) is 11.7 Å². The molecule has 168 valence electrons. The second-order valence-electron chi connectivity index (χ2n) is 8.48. The zero-order valence-electron chi connectivity index (χ0n) is 18.1. The van der Waals surface area contributed by atoms with E-state index in [2.05, 4.69) is 15.4 Å². The minimum Gasteiger partial charge on any atom is -0.377 e. The van der Waals surface area contributed by atoms with Crippen LogP contribution in [0.4, 0.5) is 10.1 Å². The molecule has 0 aliphatic carbocycles. The summed E-state index contributed by atoms with van der Waals surface area (Å²) < 4.78 is 23.6. The summed E-state index contributed by atoms with van der Waals surface area (Å²) in [6, 6.07) is 8.52. The number of ether oxygens (including phenoxy) is 1. The SMILES string of the molecule is COCc1cc(CC2CNCCC2CC(=O)N2CCN(c3ccc(F)cc3)CC2)no1. The number of hydrogen-bond acceptors (Lipinski definition) is 6. The molecular formula is C23H31FN4O3. The molecule has 2 fully saturated rings. The van der Waals surface area contributed by atoms with Crippen LogP contribution in [0.2, 0.25) is 0 Å². The Kier molecular flexibility index (Phi) is 7.19. The first-order valence-corrected chi connectivity index (χ1v) is 11.0. The normalized spacial score (nSPS) is 22.0. The van der Waals surface area contributed by atoms with Crippen molar-refractivity contribution >= 4 is 11.6 Å². The lowest BCUT2D eigenvalue weighted by Crippen LogP contribution is -2.50. The molecule has 7 nitrogen and oxygen atoms in total. The number of anilines is 1. The van der Waals surface area contributed by atoms with E-state index >= 15 is 0 Å². The van der Waals surface area contributed by atoms with E-state index in [0.29, 0.717) is 38.0 Å². The maximum absolute atomic E-state index is 13.2. The Morgan fingerprint density at radius 1 is 1.23 bits per heavy atom. The van der Waals surface area contributed by atoms with E-state index in [1.54, 1.807) is 19.2 Å². The standard InChI is InChI=1S/C23H31FN4O3/c1-30-16-22-14-20(26-31-22)12-18-15-25-7-6-17(18)13-23(29)28-10-8-27(9-11-28)21-4-2-19(24)3-5-21/h2-5,14,17-18,25H,6-13,15-16H2,1H3. The van der Waals surface area contributed by atoms with Gasteiger partial charge in [0, 0.05) is 51.5 Å². The van der Waals surface area contributed by atoms with Gasteiger partial charge in [-0.2, -0.15) is 0 Å². The van der Waals surface area contributed by atoms with Crippen molar-refractivity contribution in [2.75, 3.05) is 51.3 Å². The summed E-state index contributed by atoms with van der Waals surface area (Å²) in [4.78, 5) is 17.2. The van der Waals surface area contributed by atoms with Crippen molar-refractivity contribution in [2.24, 2.45) is 11.8 Å². The molecule has 2 aromatic rings. The van der Waals surface area contributed by atoms with Crippen LogP contribution in [-0.4, -0.2) is 62.3 Å². The van der Waals surface area contributed by atoms with Crippen molar-refractivity contribution in [2.45, 2.75) is 25.9 Å². The first-order chi connectivity index (χ1) is 15.1. The number of piperidine rings is 1. The summed E-state index contributed by atoms with van der Waals surface area (Å²) in [5.74, 6) is 1.43. The van der Waals surface area contributed by atoms with Gasteiger partial charge >= 0.3 is 0 Å². The topological polar surface area (TPSA) is 70.8 Å². The van der Waals surface area contributed by atoms with Gasteiger partial charge in [0.2, 0.25) is 5.91 Å². The number of carbonyl (C=O) groups excluding carboxylic acids is 1. The van der Waals surface area contributed by atoms with Gasteiger partial charge in [0.1, 0.15) is 12.4 Å². The molecule has 2 atom stereocenters. The fourth-order valence-electron chi connectivity index (χ4n) is 4.64. The molecule has 31 heavy (non-hydrogen) atoms. The summed E-state index contributed by atoms with van der Waals surface area (Å²) >= 11 is 0. The lowest BCUT2D eigenvalue weighted by Gasteiger charge is -2.38. The number of benzene rings is 1. The fourth-order valence-corrected chi connectivity index (χ4v) is 4.64. The van der Waals surface area contributed by atoms with Crippen LogP contribution in [0, 0.1) is 17.7 Å². The molecule has 2 aliphatic heterocycles. The summed E-state index contributed by atoms with van der Waals surface area (Å²) in [6.45, 7) is 5.21. The number of piperazine rings is 1. The molecule has 0 bridgehead atoms. The predicted molar refractivity (Wildman–Crippen MR) is 115 cm³/mol. The number of hydrogen-bond donors (Lipinski definition) is 1. The van der Waals surface area contributed by atoms with Gasteiger partial charge in [0.15, 0.2) is 5.76 Å². The third-order valence-electron chi connectivity index (χ3n) is 6.39. The fraction of sp³-hybridized carbons (Fsp3) is 0.565. The van der Waals surface area contributed by atoms with Crippen LogP contribution >= 0.6 is 0 Å². The Bertz CT molecular complexity index is 849. The maximum Gasteiger partial charge on any atom is 0.222 e. The van der Waals surface area contributed by atoms with Crippen molar-refractivity contribution < 1.29 is 18.4 Å². The van der Waals surface area contributed by atoms with Crippen LogP contribution in [-0.2, 0) is 22.6 Å². The third kappa shape index (κ3) is 5.62. The van der Waals surface area contributed by atoms with Gasteiger partial charge in [-0.05, 0) is 62.0 Å². The largest absolute Gasteiger partial charge is 0.377 e. The molecule has 1 aromatic carbocycles. The first-order valence-electron chi connectivity index (χ1n) is 11.0. The van der Waals surface area contributed by atoms with Crippen molar-refractivity contribution in [1.82, 2.24) is 15.4 Å². The number of halogens is 1. The highest BCUT2D eigenvalue weighted by Crippen LogP contribution is 2.27. The Labute approximate surface area is 182 Å². The van der Waals surface area contributed by atoms with Crippen LogP contribution in [0.3, 0.4) is 0 Å². The Balaban J connectivity index is 1.29. The molecule has 1 N–H and O–H groups in total. The van der Waals surface area contributed by atoms with E-state index in [1.165, 1.54) is 12.1 Å². The second-order valence-corrected chi connectivity index (χ2v) is 8.48. The average molecular weight is 431 g/mol. The summed E-state index contributed by atoms with van der Waals surface area (Å²) in [6.07, 6.45) is 2.37. The van der Waals surface area contributed by atoms with Gasteiger partial charge in [-0.15, -0.1) is 0 Å². The minimum atomic E-state index is -0.227. The van der Waals surface area contributed by atoms with Gasteiger partial charge in [-0.3, -0.25) is 4.79 Å². The molecule has 0 saturated carbocycles. The summed E-state index contributed by atoms with van der Waals surface area (Å²) in [5.41, 5.74) is 1.93. The van der Waals surface area contributed by atoms with Crippen molar-refractivity contribution in [1.29, 1.82) is 0 Å². The molecule has 4 rings (SSSR count). The zero-order chi connectivity index (χ0) is 21.6. The number of rotatable bonds is 7. The molecule has 3 heterocycles. The van der Waals surface area contributed by atoms with E-state index in [0.717, 1.165) is 56.2 Å². The van der Waals surface area contributed by atoms with Crippen LogP contribution in [0.5, 0.6) is 0 Å². The molecule has 0 radical (unpaired) electrons. The van der Waals surface area contributed by atoms with E-state index in [9.17, 15) is 9.18 Å². The number of amides is 1. The van der Waals surface area contributed by atoms with Crippen LogP contribution in [0.15, 0.2) is 34.9 Å². The number of methoxy groups -OCH3 is 1. The van der Waals surface area contributed by atoms with Crippen molar-refractivity contribution in [3.63, 3.8) is 0 Å². The number of nitrogens with zero attached hydrogens (tertiary/aromatic N) is 3. The maximum atomic E-state index is 13.2. The Morgan fingerprint density at radius 3 is 2.74 bits per heavy atom. The summed E-state index contributed by atoms with van der Waals surface area (Å²) in [7, 11) is 1.63. The highest BCUT2D eigenvalue weighted by Gasteiger charge is 2.30. The molecular weight excluding hydrogens is 399 g/mol. The lowest BCUT2D eigenvalue weighted by molar-refractivity contribution is -0.133. The van der Waals surface area contributed by atoms with E-state index < -0.39 is 0 Å². The van der Waals surface area contributed by atoms with Crippen molar-refractivity contribution in [3.8, 4) is 0 Å². The van der Waals surface area contributed by atoms with Crippen LogP contribution < -0.4 is 10.2 Å². The predicted octanol–water partition coefficient (Wildman–Crippen LogP) is 2.47. The lowest BCUT2D eigenvalue weighted by atomic mass is 9.81. The number of carbonyl (C=O) groups is 1. The molecule has 1 amide bonds. The highest BCUT2D eigenvalue weighted by atomic mass is 19.1. The van der Waals surface area contributed by atoms with Crippen LogP contribution in [0.25, 0.3) is 0 Å². The van der Waals surface area contributed by atoms with Gasteiger partial charge in [0.05, 0.1) is 5.69 Å². The molecule has 2 unspecified atom stereocenters. The van der Waals surface area contributed by atoms with Gasteiger partial charge in [0.25, 0.3) is 0 Å². The zero-order valence-corrected chi connectivity index (χ0v) is 18.1. The number of nitrogens with one attached hydrogen (secondary N) is 1. The Morgan fingerprint density at radius 2 is 2.00 bits per heavy atom.